The molecule has 32 heavy (non-hydrogen) atoms. The lowest BCUT2D eigenvalue weighted by atomic mass is 9.98. The number of sulfone groups is 1. The van der Waals surface area contributed by atoms with Crippen molar-refractivity contribution in [1.29, 1.82) is 0 Å². The van der Waals surface area contributed by atoms with Crippen LogP contribution < -0.4 is 0 Å². The quantitative estimate of drug-likeness (QED) is 0.322. The highest BCUT2D eigenvalue weighted by atomic mass is 32.2. The SMILES string of the molecule is COC(=O)C(C)(CCN1CC=C(c2ccc(C#CCOCCCO)cc2)CC1)S(C)(=O)=O. The first-order valence-corrected chi connectivity index (χ1v) is 12.6. The van der Waals surface area contributed by atoms with Gasteiger partial charge in [0.25, 0.3) is 0 Å². The van der Waals surface area contributed by atoms with Crippen molar-refractivity contribution >= 4 is 21.4 Å². The van der Waals surface area contributed by atoms with Crippen LogP contribution in [-0.4, -0.2) is 82.0 Å². The van der Waals surface area contributed by atoms with Gasteiger partial charge in [-0.3, -0.25) is 9.69 Å². The number of hydrogen-bond acceptors (Lipinski definition) is 7. The van der Waals surface area contributed by atoms with Gasteiger partial charge in [0.2, 0.25) is 0 Å². The molecule has 0 saturated carbocycles. The molecule has 1 atom stereocenters. The average molecular weight is 464 g/mol. The highest BCUT2D eigenvalue weighted by Crippen LogP contribution is 2.26. The third-order valence-electron chi connectivity index (χ3n) is 5.74. The van der Waals surface area contributed by atoms with E-state index in [1.54, 1.807) is 0 Å². The third kappa shape index (κ3) is 7.17. The van der Waals surface area contributed by atoms with Gasteiger partial charge in [-0.15, -0.1) is 0 Å². The van der Waals surface area contributed by atoms with Gasteiger partial charge >= 0.3 is 5.97 Å². The van der Waals surface area contributed by atoms with Crippen LogP contribution in [0.3, 0.4) is 0 Å². The molecule has 0 aromatic heterocycles. The number of aliphatic hydroxyl groups excluding tert-OH is 1. The number of carbonyl (C=O) groups is 1. The Kier molecular flexibility index (Phi) is 9.91. The number of methoxy groups -OCH3 is 1. The number of benzene rings is 1. The van der Waals surface area contributed by atoms with Crippen molar-refractivity contribution in [3.63, 3.8) is 0 Å². The van der Waals surface area contributed by atoms with Crippen LogP contribution in [0.2, 0.25) is 0 Å². The highest BCUT2D eigenvalue weighted by molar-refractivity contribution is 7.92. The first kappa shape index (κ1) is 26.1. The molecule has 1 heterocycles. The molecule has 0 spiro atoms. The molecule has 1 N–H and O–H groups in total. The maximum Gasteiger partial charge on any atom is 0.326 e. The number of nitrogens with zero attached hydrogens (tertiary/aromatic N) is 1. The lowest BCUT2D eigenvalue weighted by molar-refractivity contribution is -0.143. The van der Waals surface area contributed by atoms with Crippen molar-refractivity contribution in [2.24, 2.45) is 0 Å². The molecule has 0 aliphatic carbocycles. The molecule has 0 saturated heterocycles. The van der Waals surface area contributed by atoms with Gasteiger partial charge in [-0.2, -0.15) is 0 Å². The van der Waals surface area contributed by atoms with E-state index in [0.29, 0.717) is 32.7 Å². The van der Waals surface area contributed by atoms with Crippen LogP contribution in [0, 0.1) is 11.8 Å². The van der Waals surface area contributed by atoms with Crippen LogP contribution in [0.4, 0.5) is 0 Å². The van der Waals surface area contributed by atoms with E-state index in [0.717, 1.165) is 30.3 Å². The molecule has 7 nitrogen and oxygen atoms in total. The van der Waals surface area contributed by atoms with Gasteiger partial charge in [0, 0.05) is 38.1 Å². The van der Waals surface area contributed by atoms with Gasteiger partial charge in [0.1, 0.15) is 6.61 Å². The zero-order chi connectivity index (χ0) is 23.6. The standard InChI is InChI=1S/C24H33NO6S/c1-24(23(27)30-2,32(3,28)29)13-16-25-14-11-22(12-15-25)21-9-7-20(8-10-21)6-4-18-31-19-5-17-26/h7-11,26H,5,12-19H2,1-3H3. The molecule has 176 valence electrons. The van der Waals surface area contributed by atoms with E-state index in [9.17, 15) is 13.2 Å². The Morgan fingerprint density at radius 3 is 2.56 bits per heavy atom. The smallest absolute Gasteiger partial charge is 0.326 e. The van der Waals surface area contributed by atoms with Crippen LogP contribution in [0.5, 0.6) is 0 Å². The van der Waals surface area contributed by atoms with E-state index in [1.165, 1.54) is 19.6 Å². The molecule has 2 rings (SSSR count). The molecule has 0 fully saturated rings. The van der Waals surface area contributed by atoms with Crippen LogP contribution in [0.15, 0.2) is 30.3 Å². The fourth-order valence-corrected chi connectivity index (χ4v) is 4.25. The average Bonchev–Trinajstić information content (AvgIpc) is 2.79. The second kappa shape index (κ2) is 12.2. The minimum atomic E-state index is -3.59. The maximum absolute atomic E-state index is 12.2. The monoisotopic (exact) mass is 463 g/mol. The Bertz CT molecular complexity index is 958. The molecule has 1 unspecified atom stereocenters. The number of ether oxygens (including phenoxy) is 2. The minimum Gasteiger partial charge on any atom is -0.468 e. The van der Waals surface area contributed by atoms with Crippen molar-refractivity contribution in [2.45, 2.75) is 30.9 Å². The van der Waals surface area contributed by atoms with E-state index in [1.807, 2.05) is 12.1 Å². The van der Waals surface area contributed by atoms with Crippen molar-refractivity contribution in [2.75, 3.05) is 52.8 Å². The number of hydrogen-bond donors (Lipinski definition) is 1. The van der Waals surface area contributed by atoms with Gasteiger partial charge in [0.15, 0.2) is 14.6 Å². The number of esters is 1. The van der Waals surface area contributed by atoms with Gasteiger partial charge < -0.3 is 14.6 Å². The summed E-state index contributed by atoms with van der Waals surface area (Å²) in [6.45, 7) is 4.39. The summed E-state index contributed by atoms with van der Waals surface area (Å²) in [7, 11) is -2.38. The predicted molar refractivity (Wildman–Crippen MR) is 125 cm³/mol. The molecule has 8 heteroatoms. The van der Waals surface area contributed by atoms with Gasteiger partial charge in [0.05, 0.1) is 13.7 Å². The maximum atomic E-state index is 12.2. The number of aliphatic hydroxyl groups is 1. The second-order valence-electron chi connectivity index (χ2n) is 8.03. The lowest BCUT2D eigenvalue weighted by Gasteiger charge is -2.31. The zero-order valence-electron chi connectivity index (χ0n) is 19.1. The summed E-state index contributed by atoms with van der Waals surface area (Å²) in [5.41, 5.74) is 3.30. The Labute approximate surface area is 191 Å². The summed E-state index contributed by atoms with van der Waals surface area (Å²) in [6, 6.07) is 8.07. The van der Waals surface area contributed by atoms with Crippen molar-refractivity contribution in [1.82, 2.24) is 4.90 Å². The molecule has 1 aromatic rings. The van der Waals surface area contributed by atoms with E-state index in [2.05, 4.69) is 34.9 Å². The van der Waals surface area contributed by atoms with Crippen LogP contribution in [-0.2, 0) is 24.1 Å². The van der Waals surface area contributed by atoms with Crippen molar-refractivity contribution < 1.29 is 27.8 Å². The largest absolute Gasteiger partial charge is 0.468 e. The van der Waals surface area contributed by atoms with E-state index in [-0.39, 0.29) is 13.0 Å². The molecule has 1 aliphatic heterocycles. The Morgan fingerprint density at radius 2 is 2.00 bits per heavy atom. The third-order valence-corrected chi connectivity index (χ3v) is 7.75. The normalized spacial score (nSPS) is 16.4. The topological polar surface area (TPSA) is 93.1 Å². The lowest BCUT2D eigenvalue weighted by Crippen LogP contribution is -2.46. The molecule has 0 radical (unpaired) electrons. The molecule has 0 amide bonds. The van der Waals surface area contributed by atoms with Gasteiger partial charge in [-0.05, 0) is 49.5 Å². The Morgan fingerprint density at radius 1 is 1.28 bits per heavy atom. The number of carbonyl (C=O) groups excluding carboxylic acids is 1. The minimum absolute atomic E-state index is 0.121. The first-order chi connectivity index (χ1) is 15.2. The summed E-state index contributed by atoms with van der Waals surface area (Å²) >= 11 is 0. The summed E-state index contributed by atoms with van der Waals surface area (Å²) in [5.74, 6) is 5.31. The second-order valence-corrected chi connectivity index (χ2v) is 10.5. The highest BCUT2D eigenvalue weighted by Gasteiger charge is 2.44. The van der Waals surface area contributed by atoms with Crippen LogP contribution in [0.25, 0.3) is 5.57 Å². The summed E-state index contributed by atoms with van der Waals surface area (Å²) in [5, 5.41) is 8.70. The molecule has 1 aromatic carbocycles. The predicted octanol–water partition coefficient (Wildman–Crippen LogP) is 1.89. The summed E-state index contributed by atoms with van der Waals surface area (Å²) < 4.78 is 32.8. The van der Waals surface area contributed by atoms with E-state index in [4.69, 9.17) is 14.6 Å². The zero-order valence-corrected chi connectivity index (χ0v) is 19.9. The van der Waals surface area contributed by atoms with Crippen molar-refractivity contribution in [3.8, 4) is 11.8 Å². The molecular formula is C24H33NO6S. The fraction of sp³-hybridized carbons (Fsp3) is 0.542. The summed E-state index contributed by atoms with van der Waals surface area (Å²) in [4.78, 5) is 14.2. The summed E-state index contributed by atoms with van der Waals surface area (Å²) in [6.07, 6.45) is 4.88. The van der Waals surface area contributed by atoms with Crippen molar-refractivity contribution in [3.05, 3.63) is 41.5 Å². The molecule has 1 aliphatic rings. The first-order valence-electron chi connectivity index (χ1n) is 10.7. The number of rotatable bonds is 10. The van der Waals surface area contributed by atoms with E-state index >= 15 is 0 Å². The van der Waals surface area contributed by atoms with Gasteiger partial charge in [-0.25, -0.2) is 8.42 Å². The Hall–Kier alpha value is -2.18. The Balaban J connectivity index is 1.90. The van der Waals surface area contributed by atoms with E-state index < -0.39 is 20.6 Å². The molecular weight excluding hydrogens is 430 g/mol. The van der Waals surface area contributed by atoms with Gasteiger partial charge in [-0.1, -0.05) is 30.0 Å². The molecule has 0 bridgehead atoms. The van der Waals surface area contributed by atoms with Crippen LogP contribution >= 0.6 is 0 Å². The van der Waals surface area contributed by atoms with Crippen LogP contribution in [0.1, 0.15) is 37.3 Å². The fourth-order valence-electron chi connectivity index (χ4n) is 3.40.